The molecule has 136 valence electrons. The lowest BCUT2D eigenvalue weighted by molar-refractivity contribution is -0.121. The van der Waals surface area contributed by atoms with Crippen molar-refractivity contribution < 1.29 is 18.8 Å². The van der Waals surface area contributed by atoms with E-state index in [4.69, 9.17) is 4.42 Å². The predicted octanol–water partition coefficient (Wildman–Crippen LogP) is 3.58. The van der Waals surface area contributed by atoms with Gasteiger partial charge in [-0.1, -0.05) is 18.2 Å². The van der Waals surface area contributed by atoms with E-state index in [1.807, 2.05) is 37.3 Å². The van der Waals surface area contributed by atoms with Gasteiger partial charge >= 0.3 is 0 Å². The van der Waals surface area contributed by atoms with Crippen molar-refractivity contribution in [3.8, 4) is 0 Å². The smallest absolute Gasteiger partial charge is 0.251 e. The van der Waals surface area contributed by atoms with Gasteiger partial charge in [0.15, 0.2) is 0 Å². The number of nitrogens with zero attached hydrogens (tertiary/aromatic N) is 1. The number of anilines is 1. The van der Waals surface area contributed by atoms with Crippen molar-refractivity contribution in [2.45, 2.75) is 25.8 Å². The molecule has 2 heterocycles. The maximum absolute atomic E-state index is 12.5. The second-order valence-electron chi connectivity index (χ2n) is 6.55. The number of furan rings is 1. The van der Waals surface area contributed by atoms with E-state index in [9.17, 15) is 14.4 Å². The summed E-state index contributed by atoms with van der Waals surface area (Å²) in [5.74, 6) is -0.00516. The fraction of sp³-hybridized carbons (Fsp3) is 0.190. The third kappa shape index (κ3) is 3.21. The Bertz CT molecular complexity index is 987. The van der Waals surface area contributed by atoms with Crippen LogP contribution in [-0.4, -0.2) is 17.7 Å². The van der Waals surface area contributed by atoms with E-state index in [1.54, 1.807) is 24.3 Å². The van der Waals surface area contributed by atoms with E-state index in [2.05, 4.69) is 5.32 Å². The van der Waals surface area contributed by atoms with Crippen LogP contribution in [0.3, 0.4) is 0 Å². The summed E-state index contributed by atoms with van der Waals surface area (Å²) in [7, 11) is 0. The lowest BCUT2D eigenvalue weighted by atomic mass is 10.1. The highest BCUT2D eigenvalue weighted by atomic mass is 16.3. The molecule has 0 bridgehead atoms. The Morgan fingerprint density at radius 1 is 1.04 bits per heavy atom. The van der Waals surface area contributed by atoms with Gasteiger partial charge in [-0.2, -0.15) is 0 Å². The molecule has 0 aliphatic carbocycles. The molecule has 1 aliphatic rings. The van der Waals surface area contributed by atoms with E-state index in [1.165, 1.54) is 4.90 Å². The minimum atomic E-state index is -0.300. The van der Waals surface area contributed by atoms with Crippen LogP contribution in [0.5, 0.6) is 0 Å². The lowest BCUT2D eigenvalue weighted by Crippen LogP contribution is -2.29. The summed E-state index contributed by atoms with van der Waals surface area (Å²) in [6.07, 6.45) is 0.464. The molecule has 2 aromatic carbocycles. The number of fused-ring (bicyclic) bond motifs is 1. The number of carbonyl (C=O) groups is 3. The number of imide groups is 1. The van der Waals surface area contributed by atoms with Gasteiger partial charge in [0.2, 0.25) is 11.8 Å². The van der Waals surface area contributed by atoms with Crippen molar-refractivity contribution in [2.24, 2.45) is 0 Å². The largest absolute Gasteiger partial charge is 0.459 e. The van der Waals surface area contributed by atoms with Crippen molar-refractivity contribution in [1.82, 2.24) is 5.32 Å². The topological polar surface area (TPSA) is 79.6 Å². The number of carbonyl (C=O) groups excluding carboxylic acids is 3. The molecule has 3 aromatic rings. The number of hydrogen-bond donors (Lipinski definition) is 1. The summed E-state index contributed by atoms with van der Waals surface area (Å²) in [6, 6.07) is 15.7. The molecule has 0 radical (unpaired) electrons. The van der Waals surface area contributed by atoms with E-state index >= 15 is 0 Å². The van der Waals surface area contributed by atoms with Gasteiger partial charge in [-0.3, -0.25) is 19.3 Å². The molecule has 3 amide bonds. The zero-order valence-corrected chi connectivity index (χ0v) is 14.8. The summed E-state index contributed by atoms with van der Waals surface area (Å²) in [4.78, 5) is 37.3. The number of benzene rings is 2. The normalized spacial score (nSPS) is 15.4. The number of rotatable bonds is 4. The molecule has 0 spiro atoms. The fourth-order valence-electron chi connectivity index (χ4n) is 3.19. The van der Waals surface area contributed by atoms with E-state index in [-0.39, 0.29) is 36.6 Å². The Balaban J connectivity index is 1.47. The monoisotopic (exact) mass is 362 g/mol. The van der Waals surface area contributed by atoms with Gasteiger partial charge in [-0.25, -0.2) is 0 Å². The van der Waals surface area contributed by atoms with Crippen LogP contribution >= 0.6 is 0 Å². The van der Waals surface area contributed by atoms with Crippen LogP contribution in [-0.2, 0) is 9.59 Å². The van der Waals surface area contributed by atoms with Crippen molar-refractivity contribution >= 4 is 34.4 Å². The third-order valence-corrected chi connectivity index (χ3v) is 4.66. The van der Waals surface area contributed by atoms with E-state index in [0.717, 1.165) is 11.0 Å². The molecule has 6 heteroatoms. The average molecular weight is 362 g/mol. The highest BCUT2D eigenvalue weighted by molar-refractivity contribution is 6.19. The van der Waals surface area contributed by atoms with Crippen LogP contribution in [0.15, 0.2) is 59.0 Å². The predicted molar refractivity (Wildman–Crippen MR) is 100 cm³/mol. The molecule has 0 saturated carbocycles. The molecular weight excluding hydrogens is 344 g/mol. The standard InChI is InChI=1S/C21H18N2O4/c1-13(18-12-15-4-2-3-5-17(15)27-18)22-21(26)14-6-8-16(9-7-14)23-19(24)10-11-20(23)25/h2-9,12-13H,10-11H2,1H3,(H,22,26)/t13-/m0/s1. The van der Waals surface area contributed by atoms with Crippen LogP contribution < -0.4 is 10.2 Å². The number of amides is 3. The van der Waals surface area contributed by atoms with Gasteiger partial charge in [0.05, 0.1) is 11.7 Å². The zero-order valence-electron chi connectivity index (χ0n) is 14.8. The number of para-hydroxylation sites is 1. The third-order valence-electron chi connectivity index (χ3n) is 4.66. The van der Waals surface area contributed by atoms with E-state index < -0.39 is 0 Å². The molecule has 1 atom stereocenters. The maximum Gasteiger partial charge on any atom is 0.251 e. The second-order valence-corrected chi connectivity index (χ2v) is 6.55. The first-order valence-corrected chi connectivity index (χ1v) is 8.78. The van der Waals surface area contributed by atoms with Crippen molar-refractivity contribution in [3.63, 3.8) is 0 Å². The maximum atomic E-state index is 12.5. The summed E-state index contributed by atoms with van der Waals surface area (Å²) < 4.78 is 5.78. The summed E-state index contributed by atoms with van der Waals surface area (Å²) in [5.41, 5.74) is 1.71. The van der Waals surface area contributed by atoms with Crippen LogP contribution in [0.25, 0.3) is 11.0 Å². The number of nitrogens with one attached hydrogen (secondary N) is 1. The van der Waals surface area contributed by atoms with Crippen LogP contribution in [0, 0.1) is 0 Å². The van der Waals surface area contributed by atoms with Gasteiger partial charge in [0, 0.05) is 23.8 Å². The Kier molecular flexibility index (Phi) is 4.24. The first kappa shape index (κ1) is 17.0. The van der Waals surface area contributed by atoms with Gasteiger partial charge in [-0.15, -0.1) is 0 Å². The Labute approximate surface area is 155 Å². The van der Waals surface area contributed by atoms with Gasteiger partial charge in [0.1, 0.15) is 11.3 Å². The SMILES string of the molecule is C[C@H](NC(=O)c1ccc(N2C(=O)CCC2=O)cc1)c1cc2ccccc2o1. The van der Waals surface area contributed by atoms with Crippen molar-refractivity contribution in [3.05, 3.63) is 65.9 Å². The molecule has 6 nitrogen and oxygen atoms in total. The molecule has 27 heavy (non-hydrogen) atoms. The molecule has 1 fully saturated rings. The highest BCUT2D eigenvalue weighted by Gasteiger charge is 2.30. The number of hydrogen-bond acceptors (Lipinski definition) is 4. The Morgan fingerprint density at radius 3 is 2.37 bits per heavy atom. The minimum absolute atomic E-state index is 0.212. The van der Waals surface area contributed by atoms with Gasteiger partial charge < -0.3 is 9.73 Å². The molecule has 1 saturated heterocycles. The quantitative estimate of drug-likeness (QED) is 0.720. The fourth-order valence-corrected chi connectivity index (χ4v) is 3.19. The first-order valence-electron chi connectivity index (χ1n) is 8.78. The summed E-state index contributed by atoms with van der Waals surface area (Å²) in [5, 5.41) is 3.88. The molecule has 1 aromatic heterocycles. The summed E-state index contributed by atoms with van der Waals surface area (Å²) >= 11 is 0. The zero-order chi connectivity index (χ0) is 19.0. The minimum Gasteiger partial charge on any atom is -0.459 e. The lowest BCUT2D eigenvalue weighted by Gasteiger charge is -2.15. The van der Waals surface area contributed by atoms with Crippen molar-refractivity contribution in [1.29, 1.82) is 0 Å². The van der Waals surface area contributed by atoms with Crippen LogP contribution in [0.1, 0.15) is 41.9 Å². The van der Waals surface area contributed by atoms with Gasteiger partial charge in [0.25, 0.3) is 5.91 Å². The van der Waals surface area contributed by atoms with Crippen LogP contribution in [0.4, 0.5) is 5.69 Å². The average Bonchev–Trinajstić information content (AvgIpc) is 3.25. The molecule has 1 N–H and O–H groups in total. The molecule has 1 aliphatic heterocycles. The highest BCUT2D eigenvalue weighted by Crippen LogP contribution is 2.25. The Morgan fingerprint density at radius 2 is 1.70 bits per heavy atom. The second kappa shape index (κ2) is 6.72. The van der Waals surface area contributed by atoms with E-state index in [0.29, 0.717) is 17.0 Å². The molecule has 4 rings (SSSR count). The van der Waals surface area contributed by atoms with Crippen LogP contribution in [0.2, 0.25) is 0 Å². The van der Waals surface area contributed by atoms with Crippen molar-refractivity contribution in [2.75, 3.05) is 4.90 Å². The Hall–Kier alpha value is -3.41. The summed E-state index contributed by atoms with van der Waals surface area (Å²) in [6.45, 7) is 1.85. The molecular formula is C21H18N2O4. The first-order chi connectivity index (χ1) is 13.0. The van der Waals surface area contributed by atoms with Gasteiger partial charge in [-0.05, 0) is 43.3 Å². The molecule has 0 unspecified atom stereocenters.